The van der Waals surface area contributed by atoms with Gasteiger partial charge in [-0.1, -0.05) is 19.1 Å². The van der Waals surface area contributed by atoms with Crippen LogP contribution in [-0.4, -0.2) is 19.1 Å². The molecule has 2 atom stereocenters. The third kappa shape index (κ3) is 3.97. The molecule has 0 aliphatic heterocycles. The second-order valence-corrected chi connectivity index (χ2v) is 5.53. The summed E-state index contributed by atoms with van der Waals surface area (Å²) < 4.78 is 5.17. The molecule has 2 unspecified atom stereocenters. The fourth-order valence-corrected chi connectivity index (χ4v) is 2.33. The maximum atomic E-state index is 12.0. The SMILES string of the molecule is CCC(N)CC(=O)NC(c1ccc(OC)cc1)C1CC1. The number of methoxy groups -OCH3 is 1. The van der Waals surface area contributed by atoms with Crippen LogP contribution in [0.5, 0.6) is 5.75 Å². The molecule has 1 aromatic carbocycles. The van der Waals surface area contributed by atoms with E-state index < -0.39 is 0 Å². The number of nitrogens with two attached hydrogens (primary N) is 1. The van der Waals surface area contributed by atoms with E-state index in [0.717, 1.165) is 17.7 Å². The minimum Gasteiger partial charge on any atom is -0.497 e. The number of rotatable bonds is 7. The zero-order chi connectivity index (χ0) is 14.5. The molecule has 3 N–H and O–H groups in total. The number of hydrogen-bond acceptors (Lipinski definition) is 3. The lowest BCUT2D eigenvalue weighted by Crippen LogP contribution is -2.34. The van der Waals surface area contributed by atoms with Gasteiger partial charge in [0.25, 0.3) is 0 Å². The van der Waals surface area contributed by atoms with Crippen LogP contribution in [0.3, 0.4) is 0 Å². The molecule has 0 saturated heterocycles. The van der Waals surface area contributed by atoms with Crippen molar-refractivity contribution in [3.63, 3.8) is 0 Å². The molecule has 4 nitrogen and oxygen atoms in total. The Balaban J connectivity index is 2.01. The van der Waals surface area contributed by atoms with Crippen molar-refractivity contribution in [2.45, 2.75) is 44.7 Å². The highest BCUT2D eigenvalue weighted by atomic mass is 16.5. The van der Waals surface area contributed by atoms with Crippen LogP contribution in [0.4, 0.5) is 0 Å². The van der Waals surface area contributed by atoms with Gasteiger partial charge in [0.2, 0.25) is 5.91 Å². The molecule has 1 aliphatic carbocycles. The van der Waals surface area contributed by atoms with E-state index in [1.165, 1.54) is 12.8 Å². The molecular weight excluding hydrogens is 252 g/mol. The van der Waals surface area contributed by atoms with Gasteiger partial charge < -0.3 is 15.8 Å². The number of nitrogens with one attached hydrogen (secondary N) is 1. The van der Waals surface area contributed by atoms with Crippen molar-refractivity contribution in [3.8, 4) is 5.75 Å². The average Bonchev–Trinajstić information content (AvgIpc) is 3.29. The summed E-state index contributed by atoms with van der Waals surface area (Å²) in [6.45, 7) is 2.00. The first-order valence-corrected chi connectivity index (χ1v) is 7.33. The summed E-state index contributed by atoms with van der Waals surface area (Å²) >= 11 is 0. The summed E-state index contributed by atoms with van der Waals surface area (Å²) in [5.41, 5.74) is 6.99. The number of carbonyl (C=O) groups is 1. The first-order chi connectivity index (χ1) is 9.63. The molecule has 0 heterocycles. The lowest BCUT2D eigenvalue weighted by atomic mass is 10.0. The van der Waals surface area contributed by atoms with Gasteiger partial charge in [0, 0.05) is 12.5 Å². The van der Waals surface area contributed by atoms with Crippen molar-refractivity contribution >= 4 is 5.91 Å². The molecule has 4 heteroatoms. The van der Waals surface area contributed by atoms with Gasteiger partial charge >= 0.3 is 0 Å². The highest BCUT2D eigenvalue weighted by Crippen LogP contribution is 2.41. The zero-order valence-electron chi connectivity index (χ0n) is 12.3. The van der Waals surface area contributed by atoms with Crippen LogP contribution in [0.15, 0.2) is 24.3 Å². The molecule has 0 radical (unpaired) electrons. The van der Waals surface area contributed by atoms with Crippen molar-refractivity contribution in [3.05, 3.63) is 29.8 Å². The molecule has 110 valence electrons. The molecule has 1 amide bonds. The molecule has 1 saturated carbocycles. The molecule has 20 heavy (non-hydrogen) atoms. The first kappa shape index (κ1) is 14.9. The normalized spacial score (nSPS) is 17.4. The molecule has 0 bridgehead atoms. The van der Waals surface area contributed by atoms with Crippen LogP contribution >= 0.6 is 0 Å². The van der Waals surface area contributed by atoms with E-state index in [9.17, 15) is 4.79 Å². The summed E-state index contributed by atoms with van der Waals surface area (Å²) in [5, 5.41) is 3.14. The van der Waals surface area contributed by atoms with Gasteiger partial charge in [0.15, 0.2) is 0 Å². The van der Waals surface area contributed by atoms with Gasteiger partial charge in [-0.15, -0.1) is 0 Å². The standard InChI is InChI=1S/C16H24N2O2/c1-3-13(17)10-15(19)18-16(11-4-5-11)12-6-8-14(20-2)9-7-12/h6-9,11,13,16H,3-5,10,17H2,1-2H3,(H,18,19). The number of amides is 1. The molecule has 1 fully saturated rings. The van der Waals surface area contributed by atoms with Gasteiger partial charge in [-0.05, 0) is 42.9 Å². The highest BCUT2D eigenvalue weighted by molar-refractivity contribution is 5.77. The maximum Gasteiger partial charge on any atom is 0.222 e. The zero-order valence-corrected chi connectivity index (χ0v) is 12.3. The average molecular weight is 276 g/mol. The topological polar surface area (TPSA) is 64.4 Å². The van der Waals surface area contributed by atoms with Crippen molar-refractivity contribution in [2.75, 3.05) is 7.11 Å². The van der Waals surface area contributed by atoms with Gasteiger partial charge in [0.1, 0.15) is 5.75 Å². The summed E-state index contributed by atoms with van der Waals surface area (Å²) in [6.07, 6.45) is 3.58. The monoisotopic (exact) mass is 276 g/mol. The quantitative estimate of drug-likeness (QED) is 0.803. The Bertz CT molecular complexity index is 440. The van der Waals surface area contributed by atoms with Crippen LogP contribution in [0.25, 0.3) is 0 Å². The maximum absolute atomic E-state index is 12.0. The van der Waals surface area contributed by atoms with Gasteiger partial charge in [-0.2, -0.15) is 0 Å². The Morgan fingerprint density at radius 3 is 2.55 bits per heavy atom. The van der Waals surface area contributed by atoms with Crippen molar-refractivity contribution in [1.29, 1.82) is 0 Å². The Morgan fingerprint density at radius 2 is 2.05 bits per heavy atom. The largest absolute Gasteiger partial charge is 0.497 e. The summed E-state index contributed by atoms with van der Waals surface area (Å²) in [6, 6.07) is 8.00. The number of carbonyl (C=O) groups excluding carboxylic acids is 1. The van der Waals surface area contributed by atoms with Crippen molar-refractivity contribution in [2.24, 2.45) is 11.7 Å². The lowest BCUT2D eigenvalue weighted by Gasteiger charge is -2.20. The number of ether oxygens (including phenoxy) is 1. The molecule has 2 rings (SSSR count). The van der Waals surface area contributed by atoms with Crippen LogP contribution in [0.1, 0.15) is 44.2 Å². The first-order valence-electron chi connectivity index (χ1n) is 7.33. The second kappa shape index (κ2) is 6.75. The Hall–Kier alpha value is -1.55. The van der Waals surface area contributed by atoms with Crippen LogP contribution in [0, 0.1) is 5.92 Å². The minimum atomic E-state index is -0.0503. The van der Waals surface area contributed by atoms with E-state index in [2.05, 4.69) is 5.32 Å². The van der Waals surface area contributed by atoms with E-state index in [1.54, 1.807) is 7.11 Å². The third-order valence-corrected chi connectivity index (χ3v) is 3.86. The van der Waals surface area contributed by atoms with Crippen molar-refractivity contribution < 1.29 is 9.53 Å². The fraction of sp³-hybridized carbons (Fsp3) is 0.562. The van der Waals surface area contributed by atoms with E-state index >= 15 is 0 Å². The van der Waals surface area contributed by atoms with Gasteiger partial charge in [-0.25, -0.2) is 0 Å². The van der Waals surface area contributed by atoms with E-state index in [4.69, 9.17) is 10.5 Å². The predicted molar refractivity (Wildman–Crippen MR) is 79.5 cm³/mol. The smallest absolute Gasteiger partial charge is 0.222 e. The van der Waals surface area contributed by atoms with Crippen LogP contribution < -0.4 is 15.8 Å². The lowest BCUT2D eigenvalue weighted by molar-refractivity contribution is -0.122. The van der Waals surface area contributed by atoms with Gasteiger partial charge in [-0.3, -0.25) is 4.79 Å². The minimum absolute atomic E-state index is 0.0482. The van der Waals surface area contributed by atoms with Crippen LogP contribution in [-0.2, 0) is 4.79 Å². The Kier molecular flexibility index (Phi) is 5.01. The predicted octanol–water partition coefficient (Wildman–Crippen LogP) is 2.39. The molecule has 0 aromatic heterocycles. The number of hydrogen-bond donors (Lipinski definition) is 2. The highest BCUT2D eigenvalue weighted by Gasteiger charge is 2.33. The fourth-order valence-electron chi connectivity index (χ4n) is 2.33. The second-order valence-electron chi connectivity index (χ2n) is 5.53. The Morgan fingerprint density at radius 1 is 1.40 bits per heavy atom. The van der Waals surface area contributed by atoms with Crippen molar-refractivity contribution in [1.82, 2.24) is 5.32 Å². The third-order valence-electron chi connectivity index (χ3n) is 3.86. The molecular formula is C16H24N2O2. The van der Waals surface area contributed by atoms with E-state index in [-0.39, 0.29) is 18.0 Å². The number of benzene rings is 1. The summed E-state index contributed by atoms with van der Waals surface area (Å²) in [7, 11) is 1.65. The summed E-state index contributed by atoms with van der Waals surface area (Å²) in [4.78, 5) is 12.0. The van der Waals surface area contributed by atoms with Gasteiger partial charge in [0.05, 0.1) is 13.2 Å². The Labute approximate surface area is 120 Å². The van der Waals surface area contributed by atoms with E-state index in [0.29, 0.717) is 12.3 Å². The molecule has 1 aromatic rings. The summed E-state index contributed by atoms with van der Waals surface area (Å²) in [5.74, 6) is 1.44. The van der Waals surface area contributed by atoms with Crippen LogP contribution in [0.2, 0.25) is 0 Å². The molecule has 0 spiro atoms. The van der Waals surface area contributed by atoms with E-state index in [1.807, 2.05) is 31.2 Å². The molecule has 1 aliphatic rings.